The van der Waals surface area contributed by atoms with Gasteiger partial charge in [0.2, 0.25) is 5.91 Å². The van der Waals surface area contributed by atoms with Gasteiger partial charge >= 0.3 is 6.61 Å². The SMILES string of the molecule is CC(=O)Nc1ccc(C(=O)NCCc2ccc(OC(F)F)cc2)cc1. The molecule has 2 aromatic rings. The van der Waals surface area contributed by atoms with Crippen LogP contribution in [0.5, 0.6) is 5.75 Å². The number of anilines is 1. The van der Waals surface area contributed by atoms with Gasteiger partial charge in [-0.25, -0.2) is 0 Å². The molecule has 0 saturated carbocycles. The number of halogens is 2. The number of nitrogens with one attached hydrogen (secondary N) is 2. The minimum Gasteiger partial charge on any atom is -0.435 e. The van der Waals surface area contributed by atoms with Crippen molar-refractivity contribution in [1.82, 2.24) is 5.32 Å². The Hall–Kier alpha value is -2.96. The molecule has 2 aromatic carbocycles. The first-order valence-corrected chi connectivity index (χ1v) is 7.63. The van der Waals surface area contributed by atoms with Crippen LogP contribution in [-0.4, -0.2) is 25.0 Å². The summed E-state index contributed by atoms with van der Waals surface area (Å²) in [5, 5.41) is 5.40. The summed E-state index contributed by atoms with van der Waals surface area (Å²) in [5.74, 6) is -0.309. The first kappa shape index (κ1) is 18.4. The van der Waals surface area contributed by atoms with Gasteiger partial charge in [-0.3, -0.25) is 9.59 Å². The maximum Gasteiger partial charge on any atom is 0.387 e. The van der Waals surface area contributed by atoms with Crippen molar-refractivity contribution in [3.05, 3.63) is 59.7 Å². The molecule has 0 unspecified atom stereocenters. The zero-order chi connectivity index (χ0) is 18.2. The Balaban J connectivity index is 1.80. The fourth-order valence-corrected chi connectivity index (χ4v) is 2.17. The maximum absolute atomic E-state index is 12.1. The molecule has 0 radical (unpaired) electrons. The van der Waals surface area contributed by atoms with E-state index >= 15 is 0 Å². The summed E-state index contributed by atoms with van der Waals surface area (Å²) in [4.78, 5) is 23.0. The van der Waals surface area contributed by atoms with E-state index < -0.39 is 6.61 Å². The Morgan fingerprint density at radius 2 is 1.68 bits per heavy atom. The minimum absolute atomic E-state index is 0.0991. The van der Waals surface area contributed by atoms with Crippen LogP contribution in [0.25, 0.3) is 0 Å². The molecule has 132 valence electrons. The van der Waals surface area contributed by atoms with E-state index in [2.05, 4.69) is 15.4 Å². The smallest absolute Gasteiger partial charge is 0.387 e. The molecule has 0 aliphatic heterocycles. The monoisotopic (exact) mass is 348 g/mol. The number of benzene rings is 2. The topological polar surface area (TPSA) is 67.4 Å². The molecule has 2 rings (SSSR count). The Labute approximate surface area is 144 Å². The highest BCUT2D eigenvalue weighted by Gasteiger charge is 2.06. The van der Waals surface area contributed by atoms with Crippen molar-refractivity contribution in [2.75, 3.05) is 11.9 Å². The van der Waals surface area contributed by atoms with Crippen molar-refractivity contribution in [1.29, 1.82) is 0 Å². The summed E-state index contributed by atoms with van der Waals surface area (Å²) in [5.41, 5.74) is 1.99. The van der Waals surface area contributed by atoms with Crippen LogP contribution in [0.2, 0.25) is 0 Å². The van der Waals surface area contributed by atoms with Crippen LogP contribution in [0.3, 0.4) is 0 Å². The average Bonchev–Trinajstić information content (AvgIpc) is 2.56. The second-order valence-corrected chi connectivity index (χ2v) is 5.29. The third-order valence-corrected chi connectivity index (χ3v) is 3.32. The first-order chi connectivity index (χ1) is 11.9. The summed E-state index contributed by atoms with van der Waals surface area (Å²) in [7, 11) is 0. The number of ether oxygens (including phenoxy) is 1. The summed E-state index contributed by atoms with van der Waals surface area (Å²) in [6.45, 7) is -1.03. The third kappa shape index (κ3) is 6.21. The van der Waals surface area contributed by atoms with Gasteiger partial charge in [0.1, 0.15) is 5.75 Å². The van der Waals surface area contributed by atoms with E-state index in [0.29, 0.717) is 24.2 Å². The first-order valence-electron chi connectivity index (χ1n) is 7.63. The molecule has 0 atom stereocenters. The maximum atomic E-state index is 12.1. The number of carbonyl (C=O) groups excluding carboxylic acids is 2. The Kier molecular flexibility index (Phi) is 6.45. The molecule has 0 aromatic heterocycles. The Morgan fingerprint density at radius 3 is 2.24 bits per heavy atom. The van der Waals surface area contributed by atoms with Crippen molar-refractivity contribution >= 4 is 17.5 Å². The zero-order valence-corrected chi connectivity index (χ0v) is 13.6. The summed E-state index contributed by atoms with van der Waals surface area (Å²) < 4.78 is 28.4. The second kappa shape index (κ2) is 8.77. The molecule has 25 heavy (non-hydrogen) atoms. The highest BCUT2D eigenvalue weighted by Crippen LogP contribution is 2.15. The van der Waals surface area contributed by atoms with Crippen LogP contribution in [0.4, 0.5) is 14.5 Å². The lowest BCUT2D eigenvalue weighted by Gasteiger charge is -2.08. The van der Waals surface area contributed by atoms with Crippen LogP contribution < -0.4 is 15.4 Å². The van der Waals surface area contributed by atoms with Gasteiger partial charge in [-0.2, -0.15) is 8.78 Å². The van der Waals surface area contributed by atoms with Gasteiger partial charge in [0.15, 0.2) is 0 Å². The summed E-state index contributed by atoms with van der Waals surface area (Å²) in [6.07, 6.45) is 0.560. The summed E-state index contributed by atoms with van der Waals surface area (Å²) >= 11 is 0. The van der Waals surface area contributed by atoms with E-state index in [1.807, 2.05) is 0 Å². The van der Waals surface area contributed by atoms with Gasteiger partial charge in [-0.15, -0.1) is 0 Å². The van der Waals surface area contributed by atoms with Crippen molar-refractivity contribution in [3.63, 3.8) is 0 Å². The minimum atomic E-state index is -2.85. The van der Waals surface area contributed by atoms with Gasteiger partial charge in [-0.05, 0) is 48.4 Å². The molecule has 0 bridgehead atoms. The molecule has 0 aliphatic carbocycles. The predicted octanol–water partition coefficient (Wildman–Crippen LogP) is 3.22. The molecule has 7 heteroatoms. The molecule has 2 N–H and O–H groups in total. The van der Waals surface area contributed by atoms with Gasteiger partial charge in [0, 0.05) is 24.7 Å². The molecule has 2 amide bonds. The van der Waals surface area contributed by atoms with Crippen LogP contribution in [-0.2, 0) is 11.2 Å². The number of hydrogen-bond donors (Lipinski definition) is 2. The number of carbonyl (C=O) groups is 2. The van der Waals surface area contributed by atoms with Crippen LogP contribution in [0.1, 0.15) is 22.8 Å². The van der Waals surface area contributed by atoms with Crippen molar-refractivity contribution in [3.8, 4) is 5.75 Å². The number of amides is 2. The quantitative estimate of drug-likeness (QED) is 0.807. The third-order valence-electron chi connectivity index (χ3n) is 3.32. The normalized spacial score (nSPS) is 10.4. The molecule has 5 nitrogen and oxygen atoms in total. The fourth-order valence-electron chi connectivity index (χ4n) is 2.17. The zero-order valence-electron chi connectivity index (χ0n) is 13.6. The second-order valence-electron chi connectivity index (χ2n) is 5.29. The molecule has 0 aliphatic rings. The predicted molar refractivity (Wildman–Crippen MR) is 89.9 cm³/mol. The van der Waals surface area contributed by atoms with Crippen molar-refractivity contribution in [2.24, 2.45) is 0 Å². The van der Waals surface area contributed by atoms with Gasteiger partial charge < -0.3 is 15.4 Å². The standard InChI is InChI=1S/C18H18F2N2O3/c1-12(23)22-15-6-4-14(5-7-15)17(24)21-11-10-13-2-8-16(9-3-13)25-18(19)20/h2-9,18H,10-11H2,1H3,(H,21,24)(H,22,23). The molecular formula is C18H18F2N2O3. The van der Waals surface area contributed by atoms with Gasteiger partial charge in [0.05, 0.1) is 0 Å². The highest BCUT2D eigenvalue weighted by atomic mass is 19.3. The molecule has 0 spiro atoms. The Bertz CT molecular complexity index is 716. The van der Waals surface area contributed by atoms with Crippen LogP contribution in [0.15, 0.2) is 48.5 Å². The van der Waals surface area contributed by atoms with E-state index in [0.717, 1.165) is 5.56 Å². The number of rotatable bonds is 7. The van der Waals surface area contributed by atoms with E-state index in [4.69, 9.17) is 0 Å². The van der Waals surface area contributed by atoms with Crippen LogP contribution in [0, 0.1) is 0 Å². The van der Waals surface area contributed by atoms with E-state index in [1.54, 1.807) is 36.4 Å². The molecule has 0 saturated heterocycles. The summed E-state index contributed by atoms with van der Waals surface area (Å²) in [6, 6.07) is 12.8. The van der Waals surface area contributed by atoms with Crippen LogP contribution >= 0.6 is 0 Å². The van der Waals surface area contributed by atoms with E-state index in [-0.39, 0.29) is 17.6 Å². The van der Waals surface area contributed by atoms with Gasteiger partial charge in [-0.1, -0.05) is 12.1 Å². The van der Waals surface area contributed by atoms with E-state index in [9.17, 15) is 18.4 Å². The highest BCUT2D eigenvalue weighted by molar-refractivity contribution is 5.95. The molecular weight excluding hydrogens is 330 g/mol. The average molecular weight is 348 g/mol. The van der Waals surface area contributed by atoms with Gasteiger partial charge in [0.25, 0.3) is 5.91 Å². The number of alkyl halides is 2. The number of hydrogen-bond acceptors (Lipinski definition) is 3. The Morgan fingerprint density at radius 1 is 1.04 bits per heavy atom. The lowest BCUT2D eigenvalue weighted by Crippen LogP contribution is -2.25. The largest absolute Gasteiger partial charge is 0.435 e. The lowest BCUT2D eigenvalue weighted by atomic mass is 10.1. The fraction of sp³-hybridized carbons (Fsp3) is 0.222. The molecule has 0 heterocycles. The van der Waals surface area contributed by atoms with Crippen molar-refractivity contribution < 1.29 is 23.1 Å². The molecule has 0 fully saturated rings. The van der Waals surface area contributed by atoms with E-state index in [1.165, 1.54) is 19.1 Å². The van der Waals surface area contributed by atoms with Crippen molar-refractivity contribution in [2.45, 2.75) is 20.0 Å². The lowest BCUT2D eigenvalue weighted by molar-refractivity contribution is -0.114.